The van der Waals surface area contributed by atoms with E-state index in [9.17, 15) is 20.6 Å². The molecule has 59 heavy (non-hydrogen) atoms. The summed E-state index contributed by atoms with van der Waals surface area (Å²) in [6.07, 6.45) is 0. The maximum atomic E-state index is 10.3. The molecule has 1 aliphatic carbocycles. The van der Waals surface area contributed by atoms with Crippen molar-refractivity contribution in [2.75, 3.05) is 4.90 Å². The Bertz CT molecular complexity index is 5580. The lowest BCUT2D eigenvalue weighted by atomic mass is 9.82. The zero-order valence-corrected chi connectivity index (χ0v) is 29.4. The molecule has 12 rings (SSSR count). The molecule has 0 radical (unpaired) electrons. The second kappa shape index (κ2) is 12.8. The number of rotatable bonds is 5. The maximum absolute atomic E-state index is 10.3. The van der Waals surface area contributed by atoms with Gasteiger partial charge in [-0.3, -0.25) is 0 Å². The van der Waals surface area contributed by atoms with Gasteiger partial charge in [-0.15, -0.1) is 0 Å². The van der Waals surface area contributed by atoms with Gasteiger partial charge in [0.2, 0.25) is 0 Å². The van der Waals surface area contributed by atoms with E-state index in [-0.39, 0.29) is 4.90 Å². The third-order valence-electron chi connectivity index (χ3n) is 9.69. The average molecular weight is 793 g/mol. The van der Waals surface area contributed by atoms with Gasteiger partial charge in [0.25, 0.3) is 0 Å². The summed E-state index contributed by atoms with van der Waals surface area (Å²) in [5.41, 5.74) is -18.3. The van der Waals surface area contributed by atoms with Crippen LogP contribution in [0.4, 0.5) is 17.1 Å². The fourth-order valence-electron chi connectivity index (χ4n) is 7.02. The van der Waals surface area contributed by atoms with E-state index in [1.165, 1.54) is 0 Å². The van der Waals surface area contributed by atoms with Gasteiger partial charge >= 0.3 is 0 Å². The average Bonchev–Trinajstić information content (AvgIpc) is 1.46. The lowest BCUT2D eigenvalue weighted by molar-refractivity contribution is 0.660. The van der Waals surface area contributed by atoms with Gasteiger partial charge in [-0.2, -0.15) is 0 Å². The molecule has 10 aromatic carbocycles. The third-order valence-corrected chi connectivity index (χ3v) is 9.69. The molecule has 0 atom stereocenters. The van der Waals surface area contributed by atoms with Crippen LogP contribution < -0.4 is 4.90 Å². The molecule has 0 bridgehead atoms. The van der Waals surface area contributed by atoms with Gasteiger partial charge in [-0.1, -0.05) is 159 Å². The fraction of sp³-hybridized carbons (Fsp3) is 0.0526. The van der Waals surface area contributed by atoms with E-state index in [1.807, 2.05) is 0 Å². The largest absolute Gasteiger partial charge is 0.455 e. The second-order valence-corrected chi connectivity index (χ2v) is 13.0. The minimum Gasteiger partial charge on any atom is -0.455 e. The minimum absolute atomic E-state index is 0.149. The van der Waals surface area contributed by atoms with E-state index in [0.29, 0.717) is 0 Å². The summed E-state index contributed by atoms with van der Waals surface area (Å²) < 4.78 is 364. The highest BCUT2D eigenvalue weighted by molar-refractivity contribution is 6.19. The molecule has 11 aromatic rings. The maximum Gasteiger partial charge on any atom is 0.143 e. The Kier molecular flexibility index (Phi) is 2.77. The molecular formula is C57H39NO. The Balaban J connectivity index is 1.31. The Morgan fingerprint density at radius 3 is 1.93 bits per heavy atom. The molecule has 0 spiro atoms. The number of furan rings is 1. The van der Waals surface area contributed by atoms with Crippen LogP contribution in [-0.4, -0.2) is 0 Å². The van der Waals surface area contributed by atoms with Crippen LogP contribution in [0.25, 0.3) is 87.6 Å². The number of hydrogen-bond donors (Lipinski definition) is 0. The van der Waals surface area contributed by atoms with E-state index in [2.05, 4.69) is 0 Å². The Hall–Kier alpha value is -7.42. The fourth-order valence-corrected chi connectivity index (χ4v) is 7.02. The van der Waals surface area contributed by atoms with Crippen molar-refractivity contribution in [1.29, 1.82) is 0 Å². The smallest absolute Gasteiger partial charge is 0.143 e. The molecule has 2 nitrogen and oxygen atoms in total. The van der Waals surface area contributed by atoms with Crippen LogP contribution in [-0.2, 0) is 5.41 Å². The number of hydrogen-bond acceptors (Lipinski definition) is 2. The van der Waals surface area contributed by atoms with Crippen molar-refractivity contribution in [3.05, 3.63) is 211 Å². The van der Waals surface area contributed by atoms with E-state index >= 15 is 0 Å². The van der Waals surface area contributed by atoms with Gasteiger partial charge in [0.05, 0.1) is 45.2 Å². The van der Waals surface area contributed by atoms with Crippen molar-refractivity contribution in [2.45, 2.75) is 19.1 Å². The van der Waals surface area contributed by atoms with Gasteiger partial charge in [0.1, 0.15) is 11.2 Å². The predicted molar refractivity (Wildman–Crippen MR) is 249 cm³/mol. The Morgan fingerprint density at radius 2 is 1.07 bits per heavy atom. The van der Waals surface area contributed by atoms with Crippen LogP contribution >= 0.6 is 0 Å². The van der Waals surface area contributed by atoms with E-state index in [0.717, 1.165) is 0 Å². The van der Waals surface area contributed by atoms with Crippen molar-refractivity contribution in [3.8, 4) is 33.4 Å². The molecule has 0 unspecified atom stereocenters. The standard InChI is InChI=1S/C57H39NO/c1-57(2)53-19-11-10-17-47(53)48-30-27-43(34-54(48)57)58(41-25-22-36(23-26-41)39-24-29-45-40(32-39)21-20-38-14-6-7-15-44(38)45)42-28-31-55-51(33-42)52-35-50(37-12-4-3-5-13-37)46-16-8-9-18-49(46)56(52)59-55/h3-35H,1-2H3/i1D3,2D3,3D,4D,5D,6D,7D,8D,9D,10D,11D,12D,13D,14D,15D,16D,17D,18D,19D,20D,21D,22D,23D,24D,25D,26D,27D,28D,29D,30D,31D,32D,33D,34D,35D. The molecule has 1 aromatic heterocycles. The summed E-state index contributed by atoms with van der Waals surface area (Å²) >= 11 is 0. The zero-order valence-electron chi connectivity index (χ0n) is 68.4. The number of benzene rings is 10. The first-order chi connectivity index (χ1) is 45.3. The highest BCUT2D eigenvalue weighted by Gasteiger charge is 2.35. The Morgan fingerprint density at radius 1 is 0.407 bits per heavy atom. The lowest BCUT2D eigenvalue weighted by Gasteiger charge is -2.28. The van der Waals surface area contributed by atoms with E-state index < -0.39 is 334 Å². The van der Waals surface area contributed by atoms with Crippen LogP contribution in [0.1, 0.15) is 78.3 Å². The zero-order chi connectivity index (χ0) is 73.0. The van der Waals surface area contributed by atoms with Crippen LogP contribution in [0, 0.1) is 0 Å². The number of nitrogens with zero attached hydrogens (tertiary/aromatic N) is 1. The van der Waals surface area contributed by atoms with Gasteiger partial charge < -0.3 is 9.32 Å². The van der Waals surface area contributed by atoms with Crippen molar-refractivity contribution >= 4 is 71.3 Å². The summed E-state index contributed by atoms with van der Waals surface area (Å²) in [4.78, 5) is 0.149. The second-order valence-electron chi connectivity index (χ2n) is 13.0. The van der Waals surface area contributed by atoms with Crippen LogP contribution in [0.15, 0.2) is 204 Å². The molecule has 0 N–H and O–H groups in total. The summed E-state index contributed by atoms with van der Waals surface area (Å²) in [6, 6.07) is -37.8. The first-order valence-corrected chi connectivity index (χ1v) is 17.3. The highest BCUT2D eigenvalue weighted by Crippen LogP contribution is 2.51. The van der Waals surface area contributed by atoms with Crippen molar-refractivity contribution < 1.29 is 57.9 Å². The van der Waals surface area contributed by atoms with Crippen LogP contribution in [0.3, 0.4) is 0 Å². The SMILES string of the molecule is [2H]c1c([2H])c([2H])c(-c2c([2H])c3c(oc4c([2H])c([2H])c(N(c5c([2H])c([2H])c(-c6c([2H])c([2H])c7c(c6[2H])c([2H])c([2H])c6c([2H])c([2H])c([2H])c([2H])c67)c([2H])c5[2H])c5c([2H])c([2H])c6c(c5[2H])C(C([2H])([2H])[2H])(C([2H])([2H])[2H])c5c([2H])c([2H])c([2H])c([2H])c5-6)c([2H])c43)c3c([2H])c([2H])c([2H])c([2H])c23)c([2H])c1[2H]. The van der Waals surface area contributed by atoms with Gasteiger partial charge in [-0.25, -0.2) is 0 Å². The molecule has 278 valence electrons. The Labute approximate surface area is 398 Å². The minimum atomic E-state index is -4.11. The van der Waals surface area contributed by atoms with Crippen molar-refractivity contribution in [3.63, 3.8) is 0 Å². The molecular weight excluding hydrogens is 715 g/mol. The molecule has 0 fully saturated rings. The van der Waals surface area contributed by atoms with E-state index in [1.54, 1.807) is 0 Å². The predicted octanol–water partition coefficient (Wildman–Crippen LogP) is 16.2. The van der Waals surface area contributed by atoms with Crippen LogP contribution in [0.5, 0.6) is 0 Å². The summed E-state index contributed by atoms with van der Waals surface area (Å²) in [6.45, 7) is -8.21. The summed E-state index contributed by atoms with van der Waals surface area (Å²) in [7, 11) is 0. The molecule has 1 aliphatic rings. The molecule has 0 aliphatic heterocycles. The summed E-state index contributed by atoms with van der Waals surface area (Å²) in [5, 5.41) is -5.79. The lowest BCUT2D eigenvalue weighted by Crippen LogP contribution is -2.16. The van der Waals surface area contributed by atoms with Gasteiger partial charge in [0, 0.05) is 46.9 Å². The first kappa shape index (κ1) is 12.8. The topological polar surface area (TPSA) is 16.4 Å². The first-order valence-electron chi connectivity index (χ1n) is 36.8. The van der Waals surface area contributed by atoms with Crippen LogP contribution in [0.2, 0.25) is 0 Å². The molecule has 0 saturated heterocycles. The molecule has 0 amide bonds. The monoisotopic (exact) mass is 793 g/mol. The van der Waals surface area contributed by atoms with Gasteiger partial charge in [0.15, 0.2) is 0 Å². The van der Waals surface area contributed by atoms with Crippen molar-refractivity contribution in [2.24, 2.45) is 0 Å². The number of anilines is 3. The van der Waals surface area contributed by atoms with Crippen molar-refractivity contribution in [1.82, 2.24) is 0 Å². The third kappa shape index (κ3) is 5.20. The molecule has 2 heteroatoms. The number of fused-ring (bicyclic) bond motifs is 11. The quantitative estimate of drug-likeness (QED) is 0.161. The normalized spacial score (nSPS) is 22.8. The molecule has 1 heterocycles. The molecule has 0 saturated carbocycles. The van der Waals surface area contributed by atoms with E-state index in [4.69, 9.17) is 37.3 Å². The van der Waals surface area contributed by atoms with Gasteiger partial charge in [-0.05, 0) is 126 Å². The highest BCUT2D eigenvalue weighted by atomic mass is 16.3. The summed E-state index contributed by atoms with van der Waals surface area (Å²) in [5.74, 6) is 0.